The quantitative estimate of drug-likeness (QED) is 0.475. The third kappa shape index (κ3) is 5.21. The van der Waals surface area contributed by atoms with E-state index in [-0.39, 0.29) is 11.6 Å². The summed E-state index contributed by atoms with van der Waals surface area (Å²) in [5, 5.41) is 0.468. The molecule has 0 N–H and O–H groups in total. The second-order valence-corrected chi connectivity index (χ2v) is 11.5. The largest absolute Gasteiger partial charge is 0.492 e. The van der Waals surface area contributed by atoms with Crippen LogP contribution in [0.25, 0.3) is 16.6 Å². The molecule has 0 spiro atoms. The van der Waals surface area contributed by atoms with Crippen molar-refractivity contribution in [3.05, 3.63) is 58.6 Å². The van der Waals surface area contributed by atoms with Crippen molar-refractivity contribution < 1.29 is 13.2 Å². The first-order valence-electron chi connectivity index (χ1n) is 12.3. The Morgan fingerprint density at radius 3 is 2.57 bits per heavy atom. The summed E-state index contributed by atoms with van der Waals surface area (Å²) < 4.78 is 33.8. The van der Waals surface area contributed by atoms with Crippen LogP contribution in [0.4, 0.5) is 5.69 Å². The zero-order valence-corrected chi connectivity index (χ0v) is 21.1. The van der Waals surface area contributed by atoms with Gasteiger partial charge in [0.05, 0.1) is 28.5 Å². The molecule has 0 atom stereocenters. The van der Waals surface area contributed by atoms with Crippen molar-refractivity contribution >= 4 is 26.6 Å². The zero-order valence-electron chi connectivity index (χ0n) is 20.3. The van der Waals surface area contributed by atoms with Gasteiger partial charge in [-0.3, -0.25) is 18.6 Å². The van der Waals surface area contributed by atoms with Gasteiger partial charge in [-0.15, -0.1) is 0 Å². The number of sulfonamides is 1. The lowest BCUT2D eigenvalue weighted by Crippen LogP contribution is -2.33. The van der Waals surface area contributed by atoms with Crippen molar-refractivity contribution in [3.8, 4) is 11.4 Å². The molecule has 5 rings (SSSR count). The molecule has 0 unspecified atom stereocenters. The number of hydrogen-bond donors (Lipinski definition) is 0. The number of fused-ring (bicyclic) bond motifs is 1. The first-order valence-corrected chi connectivity index (χ1v) is 14.1. The molecule has 2 aromatic carbocycles. The van der Waals surface area contributed by atoms with E-state index in [2.05, 4.69) is 9.88 Å². The SMILES string of the molecule is Cc1ccc(N(C2CC2)S(C)(=O)=O)cc1-n1cnc2ccc(OCCN3CCCCC3)cc2c1=O. The van der Waals surface area contributed by atoms with Gasteiger partial charge in [0, 0.05) is 12.6 Å². The Bertz CT molecular complexity index is 1390. The summed E-state index contributed by atoms with van der Waals surface area (Å²) in [6.45, 7) is 5.58. The van der Waals surface area contributed by atoms with Crippen molar-refractivity contribution in [2.75, 3.05) is 36.8 Å². The summed E-state index contributed by atoms with van der Waals surface area (Å²) in [6, 6.07) is 10.8. The van der Waals surface area contributed by atoms with Crippen molar-refractivity contribution in [1.29, 1.82) is 0 Å². The van der Waals surface area contributed by atoms with Gasteiger partial charge in [-0.25, -0.2) is 13.4 Å². The number of piperidine rings is 1. The molecule has 0 bridgehead atoms. The monoisotopic (exact) mass is 496 g/mol. The van der Waals surface area contributed by atoms with Crippen molar-refractivity contribution in [2.24, 2.45) is 0 Å². The zero-order chi connectivity index (χ0) is 24.6. The van der Waals surface area contributed by atoms with Gasteiger partial charge in [-0.05, 0) is 81.6 Å². The maximum Gasteiger partial charge on any atom is 0.265 e. The molecule has 2 heterocycles. The molecule has 0 amide bonds. The molecular formula is C26H32N4O4S. The van der Waals surface area contributed by atoms with Crippen LogP contribution in [0.1, 0.15) is 37.7 Å². The van der Waals surface area contributed by atoms with Crippen molar-refractivity contribution in [2.45, 2.75) is 45.1 Å². The number of ether oxygens (including phenoxy) is 1. The number of aryl methyl sites for hydroxylation is 1. The molecule has 186 valence electrons. The number of hydrogen-bond acceptors (Lipinski definition) is 6. The summed E-state index contributed by atoms with van der Waals surface area (Å²) in [7, 11) is -3.42. The minimum Gasteiger partial charge on any atom is -0.492 e. The van der Waals surface area contributed by atoms with Gasteiger partial charge in [0.25, 0.3) is 5.56 Å². The lowest BCUT2D eigenvalue weighted by Gasteiger charge is -2.26. The van der Waals surface area contributed by atoms with Gasteiger partial charge < -0.3 is 4.74 Å². The van der Waals surface area contributed by atoms with Gasteiger partial charge in [-0.1, -0.05) is 12.5 Å². The van der Waals surface area contributed by atoms with Crippen LogP contribution in [0.5, 0.6) is 5.75 Å². The minimum absolute atomic E-state index is 0.0170. The summed E-state index contributed by atoms with van der Waals surface area (Å²) in [5.74, 6) is 0.647. The Morgan fingerprint density at radius 1 is 1.09 bits per heavy atom. The molecular weight excluding hydrogens is 464 g/mol. The van der Waals surface area contributed by atoms with Crippen LogP contribution in [0, 0.1) is 6.92 Å². The molecule has 1 aliphatic carbocycles. The molecule has 0 radical (unpaired) electrons. The summed E-state index contributed by atoms with van der Waals surface area (Å²) in [6.07, 6.45) is 8.20. The third-order valence-corrected chi connectivity index (χ3v) is 8.02. The van der Waals surface area contributed by atoms with E-state index in [0.29, 0.717) is 34.6 Å². The van der Waals surface area contributed by atoms with Crippen LogP contribution in [0.3, 0.4) is 0 Å². The first-order chi connectivity index (χ1) is 16.8. The normalized spacial score (nSPS) is 17.0. The second-order valence-electron chi connectivity index (χ2n) is 9.61. The number of likely N-dealkylation sites (tertiary alicyclic amines) is 1. The number of nitrogens with zero attached hydrogens (tertiary/aromatic N) is 4. The van der Waals surface area contributed by atoms with Crippen LogP contribution >= 0.6 is 0 Å². The van der Waals surface area contributed by atoms with E-state index >= 15 is 0 Å². The lowest BCUT2D eigenvalue weighted by molar-refractivity contribution is 0.183. The molecule has 2 aliphatic rings. The Kier molecular flexibility index (Phi) is 6.55. The maximum atomic E-state index is 13.5. The molecule has 3 aromatic rings. The summed E-state index contributed by atoms with van der Waals surface area (Å²) in [5.41, 5.74) is 2.42. The molecule has 2 fully saturated rings. The fourth-order valence-corrected chi connectivity index (χ4v) is 6.06. The molecule has 1 aliphatic heterocycles. The molecule has 9 heteroatoms. The van der Waals surface area contributed by atoms with Crippen LogP contribution in [-0.4, -0.2) is 61.4 Å². The summed E-state index contributed by atoms with van der Waals surface area (Å²) in [4.78, 5) is 20.4. The maximum absolute atomic E-state index is 13.5. The predicted octanol–water partition coefficient (Wildman–Crippen LogP) is 3.49. The smallest absolute Gasteiger partial charge is 0.265 e. The van der Waals surface area contributed by atoms with E-state index in [1.807, 2.05) is 19.1 Å². The Morgan fingerprint density at radius 2 is 1.86 bits per heavy atom. The Labute approximate surface area is 206 Å². The number of benzene rings is 2. The van der Waals surface area contributed by atoms with Gasteiger partial charge >= 0.3 is 0 Å². The highest BCUT2D eigenvalue weighted by Crippen LogP contribution is 2.35. The number of rotatable bonds is 8. The molecule has 35 heavy (non-hydrogen) atoms. The number of aromatic nitrogens is 2. The minimum atomic E-state index is -3.42. The van der Waals surface area contributed by atoms with Crippen LogP contribution < -0.4 is 14.6 Å². The first kappa shape index (κ1) is 23.8. The molecule has 1 aromatic heterocycles. The Balaban J connectivity index is 1.44. The molecule has 1 saturated carbocycles. The highest BCUT2D eigenvalue weighted by atomic mass is 32.2. The lowest BCUT2D eigenvalue weighted by atomic mass is 10.1. The fourth-order valence-electron chi connectivity index (χ4n) is 4.81. The number of anilines is 1. The van der Waals surface area contributed by atoms with Crippen LogP contribution in [0.15, 0.2) is 47.5 Å². The topological polar surface area (TPSA) is 84.7 Å². The van der Waals surface area contributed by atoms with Crippen molar-refractivity contribution in [1.82, 2.24) is 14.5 Å². The van der Waals surface area contributed by atoms with E-state index in [9.17, 15) is 13.2 Å². The van der Waals surface area contributed by atoms with Gasteiger partial charge in [0.2, 0.25) is 10.0 Å². The van der Waals surface area contributed by atoms with E-state index in [1.165, 1.54) is 40.7 Å². The van der Waals surface area contributed by atoms with E-state index in [1.54, 1.807) is 24.3 Å². The third-order valence-electron chi connectivity index (χ3n) is 6.80. The predicted molar refractivity (Wildman–Crippen MR) is 138 cm³/mol. The van der Waals surface area contributed by atoms with Crippen molar-refractivity contribution in [3.63, 3.8) is 0 Å². The van der Waals surface area contributed by atoms with Crippen LogP contribution in [0.2, 0.25) is 0 Å². The average molecular weight is 497 g/mol. The summed E-state index contributed by atoms with van der Waals surface area (Å²) >= 11 is 0. The molecule has 8 nitrogen and oxygen atoms in total. The highest BCUT2D eigenvalue weighted by Gasteiger charge is 2.35. The molecule has 1 saturated heterocycles. The van der Waals surface area contributed by atoms with Gasteiger partial charge in [0.15, 0.2) is 0 Å². The second kappa shape index (κ2) is 9.62. The Hall–Kier alpha value is -2.91. The van der Waals surface area contributed by atoms with E-state index < -0.39 is 10.0 Å². The van der Waals surface area contributed by atoms with E-state index in [0.717, 1.165) is 38.0 Å². The standard InChI is InChI=1S/C26H32N4O4S/c1-19-6-7-21(30(20-8-9-20)35(2,32)33)16-25(19)29-18-27-24-11-10-22(17-23(24)26(29)31)34-15-14-28-12-4-3-5-13-28/h6-7,10-11,16-18,20H,3-5,8-9,12-15H2,1-2H3. The van der Waals surface area contributed by atoms with Gasteiger partial charge in [-0.2, -0.15) is 0 Å². The average Bonchev–Trinajstić information content (AvgIpc) is 3.66. The highest BCUT2D eigenvalue weighted by molar-refractivity contribution is 7.92. The van der Waals surface area contributed by atoms with Gasteiger partial charge in [0.1, 0.15) is 18.7 Å². The van der Waals surface area contributed by atoms with Crippen LogP contribution in [-0.2, 0) is 10.0 Å². The van der Waals surface area contributed by atoms with E-state index in [4.69, 9.17) is 4.74 Å². The fraction of sp³-hybridized carbons (Fsp3) is 0.462.